The number of aryl methyl sites for hydroxylation is 1. The van der Waals surface area contributed by atoms with E-state index in [0.717, 1.165) is 18.4 Å². The smallest absolute Gasteiger partial charge is 0.226 e. The van der Waals surface area contributed by atoms with Gasteiger partial charge in [-0.3, -0.25) is 4.79 Å². The summed E-state index contributed by atoms with van der Waals surface area (Å²) in [5.41, 5.74) is 6.88. The summed E-state index contributed by atoms with van der Waals surface area (Å²) >= 11 is 0. The first-order valence-corrected chi connectivity index (χ1v) is 6.06. The predicted octanol–water partition coefficient (Wildman–Crippen LogP) is 1.85. The second-order valence-corrected chi connectivity index (χ2v) is 5.00. The zero-order valence-electron chi connectivity index (χ0n) is 10.2. The third kappa shape index (κ3) is 2.82. The quantitative estimate of drug-likeness (QED) is 0.834. The molecule has 3 N–H and O–H groups in total. The first kappa shape index (κ1) is 12.0. The molecule has 1 aromatic rings. The summed E-state index contributed by atoms with van der Waals surface area (Å²) in [5.74, 6) is 0.648. The Morgan fingerprint density at radius 1 is 1.59 bits per heavy atom. The van der Waals surface area contributed by atoms with E-state index in [1.807, 2.05) is 19.1 Å². The SMILES string of the molecule is Cc1ccnc(NC(=O)CC2(CN)CCC2)c1. The number of nitrogens with two attached hydrogens (primary N) is 1. The molecule has 0 unspecified atom stereocenters. The van der Waals surface area contributed by atoms with Crippen molar-refractivity contribution >= 4 is 11.7 Å². The average molecular weight is 233 g/mol. The second kappa shape index (κ2) is 4.84. The summed E-state index contributed by atoms with van der Waals surface area (Å²) in [4.78, 5) is 16.0. The van der Waals surface area contributed by atoms with Crippen molar-refractivity contribution in [3.63, 3.8) is 0 Å². The molecule has 0 radical (unpaired) electrons. The largest absolute Gasteiger partial charge is 0.330 e. The second-order valence-electron chi connectivity index (χ2n) is 5.00. The first-order chi connectivity index (χ1) is 8.13. The average Bonchev–Trinajstić information content (AvgIpc) is 2.23. The number of aromatic nitrogens is 1. The molecule has 0 atom stereocenters. The lowest BCUT2D eigenvalue weighted by molar-refractivity contribution is -0.119. The number of carbonyl (C=O) groups is 1. The lowest BCUT2D eigenvalue weighted by Crippen LogP contribution is -2.40. The molecule has 1 fully saturated rings. The van der Waals surface area contributed by atoms with Gasteiger partial charge in [-0.1, -0.05) is 6.42 Å². The van der Waals surface area contributed by atoms with Crippen LogP contribution >= 0.6 is 0 Å². The summed E-state index contributed by atoms with van der Waals surface area (Å²) in [6.07, 6.45) is 5.54. The third-order valence-electron chi connectivity index (χ3n) is 3.57. The van der Waals surface area contributed by atoms with Gasteiger partial charge in [0, 0.05) is 12.6 Å². The van der Waals surface area contributed by atoms with E-state index in [9.17, 15) is 4.79 Å². The molecule has 1 amide bonds. The topological polar surface area (TPSA) is 68.0 Å². The van der Waals surface area contributed by atoms with Crippen molar-refractivity contribution < 1.29 is 4.79 Å². The van der Waals surface area contributed by atoms with Gasteiger partial charge in [0.1, 0.15) is 5.82 Å². The van der Waals surface area contributed by atoms with Crippen LogP contribution in [0.4, 0.5) is 5.82 Å². The lowest BCUT2D eigenvalue weighted by atomic mass is 9.66. The number of carbonyl (C=O) groups excluding carboxylic acids is 1. The van der Waals surface area contributed by atoms with E-state index >= 15 is 0 Å². The number of hydrogen-bond donors (Lipinski definition) is 2. The number of anilines is 1. The maximum absolute atomic E-state index is 11.9. The van der Waals surface area contributed by atoms with Gasteiger partial charge in [0.2, 0.25) is 5.91 Å². The molecule has 92 valence electrons. The minimum absolute atomic E-state index is 0.0215. The first-order valence-electron chi connectivity index (χ1n) is 6.06. The molecule has 1 heterocycles. The zero-order chi connectivity index (χ0) is 12.3. The van der Waals surface area contributed by atoms with Crippen LogP contribution < -0.4 is 11.1 Å². The minimum Gasteiger partial charge on any atom is -0.330 e. The minimum atomic E-state index is 0.0215. The van der Waals surface area contributed by atoms with Crippen LogP contribution in [-0.4, -0.2) is 17.4 Å². The van der Waals surface area contributed by atoms with Crippen molar-refractivity contribution in [2.45, 2.75) is 32.6 Å². The van der Waals surface area contributed by atoms with Gasteiger partial charge in [0.25, 0.3) is 0 Å². The van der Waals surface area contributed by atoms with Gasteiger partial charge in [0.05, 0.1) is 0 Å². The molecule has 1 aromatic heterocycles. The molecule has 4 nitrogen and oxygen atoms in total. The van der Waals surface area contributed by atoms with Gasteiger partial charge in [-0.05, 0) is 49.4 Å². The number of hydrogen-bond acceptors (Lipinski definition) is 3. The molecular formula is C13H19N3O. The maximum atomic E-state index is 11.9. The summed E-state index contributed by atoms with van der Waals surface area (Å²) < 4.78 is 0. The number of nitrogens with zero attached hydrogens (tertiary/aromatic N) is 1. The molecule has 0 bridgehead atoms. The molecule has 4 heteroatoms. The van der Waals surface area contributed by atoms with Crippen LogP contribution in [-0.2, 0) is 4.79 Å². The fourth-order valence-electron chi connectivity index (χ4n) is 2.26. The van der Waals surface area contributed by atoms with Gasteiger partial charge in [-0.2, -0.15) is 0 Å². The molecule has 17 heavy (non-hydrogen) atoms. The number of nitrogens with one attached hydrogen (secondary N) is 1. The Kier molecular flexibility index (Phi) is 3.43. The van der Waals surface area contributed by atoms with Crippen molar-refractivity contribution in [3.8, 4) is 0 Å². The van der Waals surface area contributed by atoms with Crippen molar-refractivity contribution in [1.82, 2.24) is 4.98 Å². The Morgan fingerprint density at radius 3 is 2.88 bits per heavy atom. The van der Waals surface area contributed by atoms with Crippen molar-refractivity contribution in [2.24, 2.45) is 11.1 Å². The monoisotopic (exact) mass is 233 g/mol. The Balaban J connectivity index is 1.93. The Labute approximate surface area is 102 Å². The summed E-state index contributed by atoms with van der Waals surface area (Å²) in [6.45, 7) is 2.58. The standard InChI is InChI=1S/C13H19N3O/c1-10-3-6-15-11(7-10)16-12(17)8-13(9-14)4-2-5-13/h3,6-7H,2,4-5,8-9,14H2,1H3,(H,15,16,17). The van der Waals surface area contributed by atoms with Crippen LogP contribution in [0.5, 0.6) is 0 Å². The number of pyridine rings is 1. The van der Waals surface area contributed by atoms with E-state index in [2.05, 4.69) is 10.3 Å². The van der Waals surface area contributed by atoms with Crippen LogP contribution in [0.2, 0.25) is 0 Å². The molecule has 1 aliphatic rings. The number of rotatable bonds is 4. The molecule has 1 saturated carbocycles. The van der Waals surface area contributed by atoms with E-state index in [1.165, 1.54) is 6.42 Å². The van der Waals surface area contributed by atoms with Gasteiger partial charge >= 0.3 is 0 Å². The van der Waals surface area contributed by atoms with Crippen LogP contribution in [0.1, 0.15) is 31.2 Å². The normalized spacial score (nSPS) is 17.3. The predicted molar refractivity (Wildman–Crippen MR) is 67.6 cm³/mol. The summed E-state index contributed by atoms with van der Waals surface area (Å²) in [5, 5.41) is 2.84. The highest BCUT2D eigenvalue weighted by Gasteiger charge is 2.37. The molecule has 0 saturated heterocycles. The highest BCUT2D eigenvalue weighted by Crippen LogP contribution is 2.42. The number of amides is 1. The van der Waals surface area contributed by atoms with Crippen molar-refractivity contribution in [2.75, 3.05) is 11.9 Å². The van der Waals surface area contributed by atoms with Gasteiger partial charge in [0.15, 0.2) is 0 Å². The van der Waals surface area contributed by atoms with E-state index < -0.39 is 0 Å². The molecular weight excluding hydrogens is 214 g/mol. The van der Waals surface area contributed by atoms with Crippen molar-refractivity contribution in [1.29, 1.82) is 0 Å². The highest BCUT2D eigenvalue weighted by molar-refractivity contribution is 5.90. The van der Waals surface area contributed by atoms with E-state index in [0.29, 0.717) is 18.8 Å². The third-order valence-corrected chi connectivity index (χ3v) is 3.57. The molecule has 2 rings (SSSR count). The fraction of sp³-hybridized carbons (Fsp3) is 0.538. The summed E-state index contributed by atoms with van der Waals surface area (Å²) in [7, 11) is 0. The molecule has 0 aromatic carbocycles. The highest BCUT2D eigenvalue weighted by atomic mass is 16.1. The van der Waals surface area contributed by atoms with E-state index in [1.54, 1.807) is 6.20 Å². The van der Waals surface area contributed by atoms with Crippen LogP contribution in [0.15, 0.2) is 18.3 Å². The molecule has 0 spiro atoms. The fourth-order valence-corrected chi connectivity index (χ4v) is 2.26. The van der Waals surface area contributed by atoms with Gasteiger partial charge in [-0.25, -0.2) is 4.98 Å². The van der Waals surface area contributed by atoms with Crippen molar-refractivity contribution in [3.05, 3.63) is 23.9 Å². The lowest BCUT2D eigenvalue weighted by Gasteiger charge is -2.40. The zero-order valence-corrected chi connectivity index (χ0v) is 10.2. The summed E-state index contributed by atoms with van der Waals surface area (Å²) in [6, 6.07) is 3.77. The Morgan fingerprint density at radius 2 is 2.35 bits per heavy atom. The van der Waals surface area contributed by atoms with Gasteiger partial charge in [-0.15, -0.1) is 0 Å². The molecule has 0 aliphatic heterocycles. The maximum Gasteiger partial charge on any atom is 0.226 e. The Hall–Kier alpha value is -1.42. The molecule has 1 aliphatic carbocycles. The van der Waals surface area contributed by atoms with Crippen LogP contribution in [0.3, 0.4) is 0 Å². The van der Waals surface area contributed by atoms with E-state index in [4.69, 9.17) is 5.73 Å². The van der Waals surface area contributed by atoms with Crippen LogP contribution in [0, 0.1) is 12.3 Å². The van der Waals surface area contributed by atoms with E-state index in [-0.39, 0.29) is 11.3 Å². The van der Waals surface area contributed by atoms with Crippen LogP contribution in [0.25, 0.3) is 0 Å². The van der Waals surface area contributed by atoms with Gasteiger partial charge < -0.3 is 11.1 Å². The Bertz CT molecular complexity index is 407.